The Hall–Kier alpha value is -0.240. The molecule has 0 bridgehead atoms. The molecule has 11 fully saturated rings. The molecular formula is C67H137N3O3. The zero-order valence-corrected chi connectivity index (χ0v) is 51.9. The van der Waals surface area contributed by atoms with Gasteiger partial charge in [0.2, 0.25) is 0 Å². The molecule has 0 heterocycles. The number of rotatable bonds is 29. The molecule has 11 aliphatic carbocycles. The van der Waals surface area contributed by atoms with Crippen molar-refractivity contribution in [2.45, 2.75) is 345 Å². The predicted molar refractivity (Wildman–Crippen MR) is 324 cm³/mol. The van der Waals surface area contributed by atoms with Crippen LogP contribution in [0.25, 0.3) is 0 Å². The van der Waals surface area contributed by atoms with Gasteiger partial charge in [-0.1, -0.05) is 269 Å². The number of hydrogen-bond acceptors (Lipinski definition) is 6. The van der Waals surface area contributed by atoms with Crippen molar-refractivity contribution in [1.82, 2.24) is 16.0 Å². The quantitative estimate of drug-likeness (QED) is 0.0513. The summed E-state index contributed by atoms with van der Waals surface area (Å²) >= 11 is 0. The van der Waals surface area contributed by atoms with E-state index in [1.807, 2.05) is 0 Å². The first kappa shape index (κ1) is 70.8. The Morgan fingerprint density at radius 3 is 0.589 bits per heavy atom. The van der Waals surface area contributed by atoms with Crippen LogP contribution in [-0.4, -0.2) is 58.1 Å². The highest BCUT2D eigenvalue weighted by Crippen LogP contribution is 2.34. The summed E-state index contributed by atoms with van der Waals surface area (Å²) in [5, 5.41) is 9.93. The molecule has 0 radical (unpaired) electrons. The molecule has 0 aromatic carbocycles. The maximum absolute atomic E-state index is 5.42. The van der Waals surface area contributed by atoms with Gasteiger partial charge >= 0.3 is 0 Å². The fourth-order valence-electron chi connectivity index (χ4n) is 7.15. The first-order chi connectivity index (χ1) is 35.8. The van der Waals surface area contributed by atoms with Crippen LogP contribution in [0.5, 0.6) is 0 Å². The molecule has 438 valence electrons. The van der Waals surface area contributed by atoms with Crippen LogP contribution in [0, 0.1) is 47.3 Å². The minimum absolute atomic E-state index is 0.755. The second-order valence-corrected chi connectivity index (χ2v) is 24.5. The first-order valence-electron chi connectivity index (χ1n) is 33.7. The van der Waals surface area contributed by atoms with Gasteiger partial charge in [-0.3, -0.25) is 16.0 Å². The number of unbranched alkanes of at least 4 members (excludes halogenated alkanes) is 6. The molecule has 0 atom stereocenters. The van der Waals surface area contributed by atoms with Gasteiger partial charge in [0.25, 0.3) is 0 Å². The van der Waals surface area contributed by atoms with Gasteiger partial charge in [0.05, 0.1) is 20.2 Å². The lowest BCUT2D eigenvalue weighted by atomic mass is 10.2. The fraction of sp³-hybridized carbons (Fsp3) is 1.00. The van der Waals surface area contributed by atoms with Crippen LogP contribution in [-0.2, 0) is 14.2 Å². The lowest BCUT2D eigenvalue weighted by Crippen LogP contribution is -2.20. The third kappa shape index (κ3) is 66.0. The minimum Gasteiger partial charge on any atom is -0.366 e. The van der Waals surface area contributed by atoms with Crippen LogP contribution in [0.15, 0.2) is 0 Å². The molecule has 0 aliphatic heterocycles. The SMILES string of the molecule is CCC1CC1.CCC1CC1.CCC1CC1.CCC1CC1.CCC1CC1.CCC1CC1.CCC1CC1.CCC1CC1.CCCCCCOCNC1CC1.CCCCCOCNC1CC1.CCCCOCNC1CC1. The molecule has 0 aromatic heterocycles. The van der Waals surface area contributed by atoms with Crippen LogP contribution < -0.4 is 16.0 Å². The molecule has 11 rings (SSSR count). The molecule has 0 unspecified atom stereocenters. The Kier molecular flexibility index (Phi) is 49.7. The maximum atomic E-state index is 5.42. The van der Waals surface area contributed by atoms with Gasteiger partial charge in [-0.25, -0.2) is 0 Å². The predicted octanol–water partition coefficient (Wildman–Crippen LogP) is 20.2. The fourth-order valence-corrected chi connectivity index (χ4v) is 7.15. The Morgan fingerprint density at radius 2 is 0.425 bits per heavy atom. The molecule has 6 heteroatoms. The van der Waals surface area contributed by atoms with E-state index in [2.05, 4.69) is 92.1 Å². The normalized spacial score (nSPS) is 20.6. The summed E-state index contributed by atoms with van der Waals surface area (Å²) in [6.45, 7) is 29.8. The standard InChI is InChI=1S/C10H21NO.C9H19NO.C8H17NO.8C5H10/c1-2-3-4-5-8-12-9-11-10-6-7-10;1-2-3-4-7-11-8-10-9-5-6-9;1-2-3-6-10-7-9-8-4-5-8;8*1-2-5-3-4-5/h10-11H,2-9H2,1H3;9-10H,2-8H2,1H3;8-9H,2-7H2,1H3;8*5H,2-4H2,1H3. The van der Waals surface area contributed by atoms with Crippen molar-refractivity contribution in [3.8, 4) is 0 Å². The summed E-state index contributed by atoms with van der Waals surface area (Å²) in [7, 11) is 0. The molecule has 3 N–H and O–H groups in total. The zero-order chi connectivity index (χ0) is 53.4. The highest BCUT2D eigenvalue weighted by Gasteiger charge is 2.23. The van der Waals surface area contributed by atoms with Gasteiger partial charge in [0.1, 0.15) is 0 Å². The van der Waals surface area contributed by atoms with E-state index in [4.69, 9.17) is 14.2 Å². The van der Waals surface area contributed by atoms with Crippen LogP contribution in [0.2, 0.25) is 0 Å². The van der Waals surface area contributed by atoms with Crippen molar-refractivity contribution in [2.75, 3.05) is 40.0 Å². The number of hydrogen-bond donors (Lipinski definition) is 3. The lowest BCUT2D eigenvalue weighted by Gasteiger charge is -2.04. The molecule has 0 aromatic rings. The van der Waals surface area contributed by atoms with Crippen molar-refractivity contribution in [1.29, 1.82) is 0 Å². The largest absolute Gasteiger partial charge is 0.366 e. The zero-order valence-electron chi connectivity index (χ0n) is 51.9. The lowest BCUT2D eigenvalue weighted by molar-refractivity contribution is 0.111. The van der Waals surface area contributed by atoms with E-state index in [1.165, 1.54) is 250 Å². The van der Waals surface area contributed by atoms with Crippen molar-refractivity contribution in [3.63, 3.8) is 0 Å². The third-order valence-electron chi connectivity index (χ3n) is 16.0. The molecule has 11 saturated carbocycles. The van der Waals surface area contributed by atoms with E-state index in [-0.39, 0.29) is 0 Å². The minimum atomic E-state index is 0.755. The first-order valence-corrected chi connectivity index (χ1v) is 33.7. The Bertz CT molecular complexity index is 922. The van der Waals surface area contributed by atoms with Gasteiger partial charge in [0, 0.05) is 37.9 Å². The number of ether oxygens (including phenoxy) is 3. The second kappa shape index (κ2) is 51.2. The van der Waals surface area contributed by atoms with E-state index in [9.17, 15) is 0 Å². The van der Waals surface area contributed by atoms with Crippen LogP contribution in [0.4, 0.5) is 0 Å². The molecule has 11 aliphatic rings. The topological polar surface area (TPSA) is 63.8 Å². The van der Waals surface area contributed by atoms with E-state index >= 15 is 0 Å². The average molecular weight is 1030 g/mol. The van der Waals surface area contributed by atoms with E-state index < -0.39 is 0 Å². The monoisotopic (exact) mass is 1030 g/mol. The molecule has 0 spiro atoms. The van der Waals surface area contributed by atoms with Gasteiger partial charge in [0.15, 0.2) is 0 Å². The van der Waals surface area contributed by atoms with Crippen LogP contribution in [0.3, 0.4) is 0 Å². The van der Waals surface area contributed by atoms with E-state index in [0.717, 1.165) is 105 Å². The van der Waals surface area contributed by atoms with Crippen LogP contribution >= 0.6 is 0 Å². The average Bonchev–Trinajstić information content (AvgIpc) is 4.23. The Morgan fingerprint density at radius 1 is 0.233 bits per heavy atom. The van der Waals surface area contributed by atoms with Crippen molar-refractivity contribution in [2.24, 2.45) is 47.3 Å². The van der Waals surface area contributed by atoms with Gasteiger partial charge in [-0.15, -0.1) is 0 Å². The van der Waals surface area contributed by atoms with Crippen molar-refractivity contribution in [3.05, 3.63) is 0 Å². The highest BCUT2D eigenvalue weighted by atomic mass is 16.5. The Balaban J connectivity index is 0.000000409. The maximum Gasteiger partial charge on any atom is 0.0967 e. The summed E-state index contributed by atoms with van der Waals surface area (Å²) in [6.07, 6.45) is 55.0. The number of nitrogens with one attached hydrogen (secondary N) is 3. The summed E-state index contributed by atoms with van der Waals surface area (Å²) in [6, 6.07) is 2.34. The molecule has 73 heavy (non-hydrogen) atoms. The summed E-state index contributed by atoms with van der Waals surface area (Å²) < 4.78 is 16.1. The Labute approximate surface area is 460 Å². The summed E-state index contributed by atoms with van der Waals surface area (Å²) in [4.78, 5) is 0. The summed E-state index contributed by atoms with van der Waals surface area (Å²) in [5.74, 6) is 9.07. The van der Waals surface area contributed by atoms with Gasteiger partial charge in [-0.2, -0.15) is 0 Å². The van der Waals surface area contributed by atoms with E-state index in [0.29, 0.717) is 0 Å². The smallest absolute Gasteiger partial charge is 0.0967 e. The van der Waals surface area contributed by atoms with Gasteiger partial charge < -0.3 is 14.2 Å². The van der Waals surface area contributed by atoms with Gasteiger partial charge in [-0.05, 0) is 105 Å². The third-order valence-corrected chi connectivity index (χ3v) is 16.0. The molecule has 0 saturated heterocycles. The van der Waals surface area contributed by atoms with Crippen molar-refractivity contribution >= 4 is 0 Å². The second-order valence-electron chi connectivity index (χ2n) is 24.5. The van der Waals surface area contributed by atoms with Crippen LogP contribution in [0.1, 0.15) is 327 Å². The van der Waals surface area contributed by atoms with Crippen molar-refractivity contribution < 1.29 is 14.2 Å². The molecule has 6 nitrogen and oxygen atoms in total. The molecule has 0 amide bonds. The summed E-state index contributed by atoms with van der Waals surface area (Å²) in [5.41, 5.74) is 0. The van der Waals surface area contributed by atoms with E-state index in [1.54, 1.807) is 0 Å². The highest BCUT2D eigenvalue weighted by molar-refractivity contribution is 4.80. The molecular weight excluding hydrogens is 895 g/mol.